The molecule has 20 heavy (non-hydrogen) atoms. The number of hydrogen-bond donors (Lipinski definition) is 2. The summed E-state index contributed by atoms with van der Waals surface area (Å²) in [4.78, 5) is 10.5. The summed E-state index contributed by atoms with van der Waals surface area (Å²) < 4.78 is 46.2. The van der Waals surface area contributed by atoms with Crippen LogP contribution in [0.15, 0.2) is 52.3 Å². The van der Waals surface area contributed by atoms with Gasteiger partial charge in [-0.15, -0.1) is 0 Å². The highest BCUT2D eigenvalue weighted by atomic mass is 32.2. The molecule has 0 saturated carbocycles. The van der Waals surface area contributed by atoms with Crippen LogP contribution in [0, 0.1) is 16.4 Å². The number of halogens is 2. The molecular formula is C13H9F2NO3S. The summed E-state index contributed by atoms with van der Waals surface area (Å²) in [7, 11) is -3.52. The fourth-order valence-corrected chi connectivity index (χ4v) is 2.90. The number of rotatable bonds is 3. The van der Waals surface area contributed by atoms with Gasteiger partial charge in [-0.1, -0.05) is 0 Å². The van der Waals surface area contributed by atoms with Crippen LogP contribution < -0.4 is 0 Å². The van der Waals surface area contributed by atoms with Gasteiger partial charge >= 0.3 is 5.97 Å². The lowest BCUT2D eigenvalue weighted by atomic mass is 10.2. The molecule has 0 aliphatic rings. The van der Waals surface area contributed by atoms with Crippen molar-refractivity contribution in [1.29, 1.82) is 4.78 Å². The standard InChI is InChI=1S/C13H9F2NO3S/c14-11-6-5-10(7-12(11)15)20(16,19)9-3-1-8(2-4-9)13(17)18/h1-7,16H,(H,17,18). The highest BCUT2D eigenvalue weighted by Crippen LogP contribution is 2.23. The van der Waals surface area contributed by atoms with Crippen molar-refractivity contribution in [1.82, 2.24) is 0 Å². The lowest BCUT2D eigenvalue weighted by Crippen LogP contribution is -2.03. The van der Waals surface area contributed by atoms with E-state index in [9.17, 15) is 17.8 Å². The Balaban J connectivity index is 2.49. The topological polar surface area (TPSA) is 78.2 Å². The first kappa shape index (κ1) is 14.1. The molecule has 2 aromatic carbocycles. The number of aromatic carboxylic acids is 1. The lowest BCUT2D eigenvalue weighted by Gasteiger charge is -2.08. The van der Waals surface area contributed by atoms with Crippen LogP contribution in [0.25, 0.3) is 0 Å². The Hall–Kier alpha value is -2.28. The van der Waals surface area contributed by atoms with Crippen LogP contribution in [0.3, 0.4) is 0 Å². The maximum atomic E-state index is 13.1. The highest BCUT2D eigenvalue weighted by Gasteiger charge is 2.16. The molecule has 0 radical (unpaired) electrons. The van der Waals surface area contributed by atoms with E-state index in [1.807, 2.05) is 0 Å². The predicted molar refractivity (Wildman–Crippen MR) is 67.2 cm³/mol. The predicted octanol–water partition coefficient (Wildman–Crippen LogP) is 3.13. The summed E-state index contributed by atoms with van der Waals surface area (Å²) in [5, 5.41) is 8.75. The van der Waals surface area contributed by atoms with Gasteiger partial charge in [0.2, 0.25) is 0 Å². The fourth-order valence-electron chi connectivity index (χ4n) is 1.58. The van der Waals surface area contributed by atoms with E-state index >= 15 is 0 Å². The summed E-state index contributed by atoms with van der Waals surface area (Å²) in [5.41, 5.74) is -0.0192. The number of nitrogens with one attached hydrogen (secondary N) is 1. The molecule has 1 atom stereocenters. The molecule has 0 amide bonds. The van der Waals surface area contributed by atoms with Gasteiger partial charge in [0, 0.05) is 0 Å². The third-order valence-corrected chi connectivity index (χ3v) is 4.51. The minimum absolute atomic E-state index is 0.0192. The number of carboxylic acid groups (broad SMARTS) is 1. The molecule has 0 aliphatic heterocycles. The van der Waals surface area contributed by atoms with Gasteiger partial charge in [-0.25, -0.2) is 22.6 Å². The molecule has 2 aromatic rings. The molecule has 0 fully saturated rings. The normalized spacial score (nSPS) is 13.7. The third kappa shape index (κ3) is 2.53. The summed E-state index contributed by atoms with van der Waals surface area (Å²) in [6.45, 7) is 0. The van der Waals surface area contributed by atoms with Crippen LogP contribution >= 0.6 is 0 Å². The number of carboxylic acids is 1. The van der Waals surface area contributed by atoms with Crippen LogP contribution in [0.5, 0.6) is 0 Å². The molecule has 4 nitrogen and oxygen atoms in total. The second-order valence-electron chi connectivity index (χ2n) is 3.96. The Labute approximate surface area is 113 Å². The number of benzene rings is 2. The lowest BCUT2D eigenvalue weighted by molar-refractivity contribution is 0.0697. The molecule has 0 bridgehead atoms. The zero-order valence-electron chi connectivity index (χ0n) is 9.97. The van der Waals surface area contributed by atoms with Crippen LogP contribution in [0.4, 0.5) is 8.78 Å². The second kappa shape index (κ2) is 5.01. The van der Waals surface area contributed by atoms with E-state index in [1.54, 1.807) is 0 Å². The molecule has 0 aliphatic carbocycles. The van der Waals surface area contributed by atoms with Crippen LogP contribution in [0.2, 0.25) is 0 Å². The molecular weight excluding hydrogens is 288 g/mol. The van der Waals surface area contributed by atoms with E-state index < -0.39 is 27.3 Å². The van der Waals surface area contributed by atoms with Crippen LogP contribution in [-0.4, -0.2) is 15.3 Å². The van der Waals surface area contributed by atoms with Crippen molar-refractivity contribution < 1.29 is 22.9 Å². The van der Waals surface area contributed by atoms with E-state index in [2.05, 4.69) is 0 Å². The fraction of sp³-hybridized carbons (Fsp3) is 0. The number of carbonyl (C=O) groups is 1. The van der Waals surface area contributed by atoms with E-state index in [0.717, 1.165) is 12.1 Å². The number of hydrogen-bond acceptors (Lipinski definition) is 3. The average molecular weight is 297 g/mol. The highest BCUT2D eigenvalue weighted by molar-refractivity contribution is 7.92. The SMILES string of the molecule is N=S(=O)(c1ccc(C(=O)O)cc1)c1ccc(F)c(F)c1. The molecule has 0 saturated heterocycles. The summed E-state index contributed by atoms with van der Waals surface area (Å²) >= 11 is 0. The van der Waals surface area contributed by atoms with E-state index in [-0.39, 0.29) is 15.4 Å². The largest absolute Gasteiger partial charge is 0.478 e. The Morgan fingerprint density at radius 2 is 1.55 bits per heavy atom. The Morgan fingerprint density at radius 3 is 2.05 bits per heavy atom. The van der Waals surface area contributed by atoms with Gasteiger partial charge in [-0.2, -0.15) is 0 Å². The van der Waals surface area contributed by atoms with Crippen molar-refractivity contribution in [3.8, 4) is 0 Å². The Bertz CT molecular complexity index is 771. The first-order valence-electron chi connectivity index (χ1n) is 5.39. The zero-order valence-corrected chi connectivity index (χ0v) is 10.8. The quantitative estimate of drug-likeness (QED) is 0.913. The third-order valence-electron chi connectivity index (χ3n) is 2.66. The first-order valence-corrected chi connectivity index (χ1v) is 6.95. The summed E-state index contributed by atoms with van der Waals surface area (Å²) in [6, 6.07) is 7.41. The smallest absolute Gasteiger partial charge is 0.335 e. The molecule has 7 heteroatoms. The van der Waals surface area contributed by atoms with Crippen molar-refractivity contribution >= 4 is 15.7 Å². The van der Waals surface area contributed by atoms with E-state index in [4.69, 9.17) is 9.89 Å². The van der Waals surface area contributed by atoms with E-state index in [0.29, 0.717) is 6.07 Å². The maximum absolute atomic E-state index is 13.1. The second-order valence-corrected chi connectivity index (χ2v) is 6.02. The molecule has 2 rings (SSSR count). The average Bonchev–Trinajstić information content (AvgIpc) is 2.41. The van der Waals surface area contributed by atoms with Gasteiger partial charge < -0.3 is 5.11 Å². The van der Waals surface area contributed by atoms with Crippen molar-refractivity contribution in [2.45, 2.75) is 9.79 Å². The zero-order chi connectivity index (χ0) is 14.9. The minimum atomic E-state index is -3.52. The molecule has 1 unspecified atom stereocenters. The van der Waals surface area contributed by atoms with Gasteiger partial charge in [0.05, 0.1) is 15.4 Å². The van der Waals surface area contributed by atoms with Crippen LogP contribution in [0.1, 0.15) is 10.4 Å². The van der Waals surface area contributed by atoms with Crippen molar-refractivity contribution in [3.05, 3.63) is 59.7 Å². The van der Waals surface area contributed by atoms with Crippen molar-refractivity contribution in [2.75, 3.05) is 0 Å². The summed E-state index contributed by atoms with van der Waals surface area (Å²) in [6.07, 6.45) is 0. The minimum Gasteiger partial charge on any atom is -0.478 e. The molecule has 104 valence electrons. The van der Waals surface area contributed by atoms with Gasteiger partial charge in [0.15, 0.2) is 11.6 Å². The van der Waals surface area contributed by atoms with Crippen molar-refractivity contribution in [3.63, 3.8) is 0 Å². The van der Waals surface area contributed by atoms with Crippen molar-refractivity contribution in [2.24, 2.45) is 0 Å². The van der Waals surface area contributed by atoms with Gasteiger partial charge in [-0.3, -0.25) is 0 Å². The Morgan fingerprint density at radius 1 is 1.00 bits per heavy atom. The van der Waals surface area contributed by atoms with E-state index in [1.165, 1.54) is 24.3 Å². The summed E-state index contributed by atoms with van der Waals surface area (Å²) in [5.74, 6) is -3.43. The maximum Gasteiger partial charge on any atom is 0.335 e. The van der Waals surface area contributed by atoms with Gasteiger partial charge in [0.1, 0.15) is 9.73 Å². The van der Waals surface area contributed by atoms with Crippen LogP contribution in [-0.2, 0) is 9.73 Å². The molecule has 0 spiro atoms. The molecule has 2 N–H and O–H groups in total. The van der Waals surface area contributed by atoms with Gasteiger partial charge in [-0.05, 0) is 42.5 Å². The Kier molecular flexibility index (Phi) is 3.54. The van der Waals surface area contributed by atoms with Gasteiger partial charge in [0.25, 0.3) is 0 Å². The first-order chi connectivity index (χ1) is 9.32. The molecule has 0 aromatic heterocycles. The molecule has 0 heterocycles. The monoisotopic (exact) mass is 297 g/mol.